The van der Waals surface area contributed by atoms with Crippen LogP contribution in [0.25, 0.3) is 11.0 Å². The Kier molecular flexibility index (Phi) is 8.08. The molecule has 0 aliphatic carbocycles. The van der Waals surface area contributed by atoms with E-state index in [4.69, 9.17) is 9.15 Å². The van der Waals surface area contributed by atoms with Crippen LogP contribution < -0.4 is 15.3 Å². The third kappa shape index (κ3) is 5.50. The summed E-state index contributed by atoms with van der Waals surface area (Å²) in [5.74, 6) is 0.741. The van der Waals surface area contributed by atoms with E-state index in [1.807, 2.05) is 23.9 Å². The van der Waals surface area contributed by atoms with E-state index in [1.165, 1.54) is 16.6 Å². The van der Waals surface area contributed by atoms with Gasteiger partial charge in [0, 0.05) is 55.1 Å². The van der Waals surface area contributed by atoms with E-state index >= 15 is 0 Å². The molecule has 1 aliphatic rings. The second-order valence-electron chi connectivity index (χ2n) is 7.16. The predicted octanol–water partition coefficient (Wildman–Crippen LogP) is 4.53. The Morgan fingerprint density at radius 2 is 1.80 bits per heavy atom. The van der Waals surface area contributed by atoms with Gasteiger partial charge in [0.2, 0.25) is 0 Å². The Morgan fingerprint density at radius 1 is 1.03 bits per heavy atom. The van der Waals surface area contributed by atoms with Crippen LogP contribution in [0.15, 0.2) is 68.7 Å². The van der Waals surface area contributed by atoms with Gasteiger partial charge in [0.1, 0.15) is 11.3 Å². The van der Waals surface area contributed by atoms with Crippen LogP contribution in [0.3, 0.4) is 0 Å². The Morgan fingerprint density at radius 3 is 2.60 bits per heavy atom. The van der Waals surface area contributed by atoms with E-state index in [9.17, 15) is 4.79 Å². The molecule has 1 aliphatic heterocycles. The zero-order chi connectivity index (χ0) is 20.1. The van der Waals surface area contributed by atoms with E-state index in [1.54, 1.807) is 12.1 Å². The molecular weight excluding hydrogens is 420 g/mol. The highest BCUT2D eigenvalue weighted by Gasteiger charge is 2.18. The van der Waals surface area contributed by atoms with E-state index in [0.29, 0.717) is 12.2 Å². The highest BCUT2D eigenvalue weighted by molar-refractivity contribution is 7.98. The number of fused-ring (bicyclic) bond motifs is 1. The van der Waals surface area contributed by atoms with Crippen LogP contribution in [-0.4, -0.2) is 50.5 Å². The van der Waals surface area contributed by atoms with Crippen LogP contribution in [0.1, 0.15) is 6.42 Å². The Labute approximate surface area is 187 Å². The number of ether oxygens (including phenoxy) is 1. The summed E-state index contributed by atoms with van der Waals surface area (Å²) >= 11 is 1.81. The molecule has 0 saturated carbocycles. The Hall–Kier alpha value is -2.15. The monoisotopic (exact) mass is 446 g/mol. The molecule has 2 heterocycles. The zero-order valence-electron chi connectivity index (χ0n) is 17.1. The number of hydrogen-bond donors (Lipinski definition) is 0. The lowest BCUT2D eigenvalue weighted by molar-refractivity contribution is 0.224. The third-order valence-electron chi connectivity index (χ3n) is 5.28. The number of halogens is 1. The summed E-state index contributed by atoms with van der Waals surface area (Å²) in [4.78, 5) is 17.7. The Balaban J connectivity index is 0.00000256. The predicted molar refractivity (Wildman–Crippen MR) is 127 cm³/mol. The average Bonchev–Trinajstić information content (AvgIpc) is 2.77. The topological polar surface area (TPSA) is 45.9 Å². The fourth-order valence-electron chi connectivity index (χ4n) is 3.71. The van der Waals surface area contributed by atoms with Crippen molar-refractivity contribution >= 4 is 40.8 Å². The molecule has 0 unspecified atom stereocenters. The number of para-hydroxylation sites is 1. The van der Waals surface area contributed by atoms with Gasteiger partial charge in [0.25, 0.3) is 0 Å². The fraction of sp³-hybridized carbons (Fsp3) is 0.348. The molecule has 7 heteroatoms. The van der Waals surface area contributed by atoms with Crippen LogP contribution in [0.5, 0.6) is 5.75 Å². The highest BCUT2D eigenvalue weighted by Crippen LogP contribution is 2.29. The largest absolute Gasteiger partial charge is 0.493 e. The lowest BCUT2D eigenvalue weighted by Gasteiger charge is -2.36. The third-order valence-corrected chi connectivity index (χ3v) is 6.07. The van der Waals surface area contributed by atoms with Gasteiger partial charge in [-0.2, -0.15) is 0 Å². The maximum Gasteiger partial charge on any atom is 0.336 e. The molecule has 2 aromatic carbocycles. The molecule has 0 N–H and O–H groups in total. The van der Waals surface area contributed by atoms with Crippen LogP contribution in [-0.2, 0) is 0 Å². The first-order valence-corrected chi connectivity index (χ1v) is 11.2. The molecule has 0 radical (unpaired) electrons. The first-order chi connectivity index (χ1) is 14.2. The van der Waals surface area contributed by atoms with Crippen molar-refractivity contribution in [2.24, 2.45) is 0 Å². The highest BCUT2D eigenvalue weighted by atomic mass is 35.5. The summed E-state index contributed by atoms with van der Waals surface area (Å²) in [5, 5.41) is 0.901. The van der Waals surface area contributed by atoms with Crippen LogP contribution in [0, 0.1) is 0 Å². The lowest BCUT2D eigenvalue weighted by Crippen LogP contribution is -2.47. The van der Waals surface area contributed by atoms with Crippen molar-refractivity contribution in [1.82, 2.24) is 4.90 Å². The molecular formula is C23H27ClN2O3S. The van der Waals surface area contributed by atoms with Crippen LogP contribution >= 0.6 is 24.2 Å². The number of rotatable bonds is 7. The van der Waals surface area contributed by atoms with Crippen molar-refractivity contribution in [3.8, 4) is 5.75 Å². The molecule has 0 amide bonds. The number of hydrogen-bond acceptors (Lipinski definition) is 6. The molecule has 3 aromatic rings. The zero-order valence-corrected chi connectivity index (χ0v) is 18.7. The molecule has 160 valence electrons. The second-order valence-corrected chi connectivity index (χ2v) is 8.00. The summed E-state index contributed by atoms with van der Waals surface area (Å²) in [6.45, 7) is 5.94. The molecule has 4 rings (SSSR count). The number of anilines is 1. The molecule has 1 saturated heterocycles. The van der Waals surface area contributed by atoms with Gasteiger partial charge < -0.3 is 14.1 Å². The van der Waals surface area contributed by atoms with Crippen molar-refractivity contribution in [3.63, 3.8) is 0 Å². The van der Waals surface area contributed by atoms with Crippen molar-refractivity contribution in [3.05, 3.63) is 65.0 Å². The van der Waals surface area contributed by atoms with Gasteiger partial charge in [0.05, 0.1) is 12.3 Å². The first kappa shape index (κ1) is 22.5. The number of thioether (sulfide) groups is 1. The fourth-order valence-corrected chi connectivity index (χ4v) is 4.33. The smallest absolute Gasteiger partial charge is 0.336 e. The van der Waals surface area contributed by atoms with Gasteiger partial charge in [-0.05, 0) is 43.0 Å². The van der Waals surface area contributed by atoms with Gasteiger partial charge in [-0.3, -0.25) is 4.90 Å². The molecule has 30 heavy (non-hydrogen) atoms. The van der Waals surface area contributed by atoms with E-state index < -0.39 is 0 Å². The van der Waals surface area contributed by atoms with Gasteiger partial charge in [-0.15, -0.1) is 24.2 Å². The van der Waals surface area contributed by atoms with Gasteiger partial charge >= 0.3 is 5.63 Å². The van der Waals surface area contributed by atoms with Crippen molar-refractivity contribution < 1.29 is 9.15 Å². The van der Waals surface area contributed by atoms with E-state index in [-0.39, 0.29) is 18.0 Å². The molecule has 0 spiro atoms. The molecule has 5 nitrogen and oxygen atoms in total. The van der Waals surface area contributed by atoms with Crippen molar-refractivity contribution in [1.29, 1.82) is 0 Å². The molecule has 0 bridgehead atoms. The number of benzene rings is 2. The molecule has 1 aromatic heterocycles. The van der Waals surface area contributed by atoms with Crippen molar-refractivity contribution in [2.45, 2.75) is 11.3 Å². The second kappa shape index (κ2) is 10.8. The maximum atomic E-state index is 11.4. The minimum absolute atomic E-state index is 0. The minimum Gasteiger partial charge on any atom is -0.493 e. The maximum absolute atomic E-state index is 11.4. The van der Waals surface area contributed by atoms with E-state index in [0.717, 1.165) is 50.3 Å². The minimum atomic E-state index is -0.339. The Bertz CT molecular complexity index is 1020. The summed E-state index contributed by atoms with van der Waals surface area (Å²) in [7, 11) is 0. The lowest BCUT2D eigenvalue weighted by atomic mass is 10.2. The number of piperazine rings is 1. The van der Waals surface area contributed by atoms with Crippen molar-refractivity contribution in [2.75, 3.05) is 50.5 Å². The standard InChI is InChI=1S/C23H26N2O3S.ClH/c1-29-22-6-3-2-5-20(22)25-14-12-24(13-15-25)11-4-16-27-19-9-7-18-8-10-23(26)28-21(18)17-19;/h2-3,5-10,17H,4,11-16H2,1H3;1H. The van der Waals surface area contributed by atoms with Crippen LogP contribution in [0.4, 0.5) is 5.69 Å². The normalized spacial score (nSPS) is 14.5. The van der Waals surface area contributed by atoms with Gasteiger partial charge in [-0.25, -0.2) is 4.79 Å². The molecule has 0 atom stereocenters. The van der Waals surface area contributed by atoms with Gasteiger partial charge in [-0.1, -0.05) is 12.1 Å². The summed E-state index contributed by atoms with van der Waals surface area (Å²) in [5.41, 5.74) is 1.58. The van der Waals surface area contributed by atoms with Crippen LogP contribution in [0.2, 0.25) is 0 Å². The summed E-state index contributed by atoms with van der Waals surface area (Å²) in [6.07, 6.45) is 3.11. The SMILES string of the molecule is CSc1ccccc1N1CCN(CCCOc2ccc3ccc(=O)oc3c2)CC1.Cl. The van der Waals surface area contributed by atoms with Gasteiger partial charge in [0.15, 0.2) is 0 Å². The van der Waals surface area contributed by atoms with E-state index in [2.05, 4.69) is 40.3 Å². The quantitative estimate of drug-likeness (QED) is 0.302. The summed E-state index contributed by atoms with van der Waals surface area (Å²) in [6, 6.07) is 17.5. The average molecular weight is 447 g/mol. The summed E-state index contributed by atoms with van der Waals surface area (Å²) < 4.78 is 11.1. The number of nitrogens with zero attached hydrogens (tertiary/aromatic N) is 2. The first-order valence-electron chi connectivity index (χ1n) is 10.00. The molecule has 1 fully saturated rings.